The van der Waals surface area contributed by atoms with Crippen molar-refractivity contribution in [2.24, 2.45) is 5.41 Å². The molecule has 0 rings (SSSR count). The molecule has 0 aromatic rings. The average molecular weight is 1130 g/mol. The van der Waals surface area contributed by atoms with Crippen LogP contribution >= 0.6 is 95.6 Å². The number of carbonyl (C=O) groups excluding carboxylic acids is 6. The predicted molar refractivity (Wildman–Crippen MR) is 215 cm³/mol. The lowest BCUT2D eigenvalue weighted by Crippen LogP contribution is -2.54. The number of hydrogen-bond donors (Lipinski definition) is 0. The first kappa shape index (κ1) is 51.7. The summed E-state index contributed by atoms with van der Waals surface area (Å²) < 4.78 is 33.1. The van der Waals surface area contributed by atoms with Crippen molar-refractivity contribution in [3.05, 3.63) is 0 Å². The van der Waals surface area contributed by atoms with Crippen LogP contribution in [-0.2, 0) is 61.9 Å². The van der Waals surface area contributed by atoms with E-state index in [1.807, 2.05) is 0 Å². The molecule has 0 heterocycles. The number of halogens is 6. The fraction of sp³-hybridized carbons (Fsp3) is 0.818. The molecule has 0 saturated carbocycles. The van der Waals surface area contributed by atoms with Gasteiger partial charge >= 0.3 is 35.8 Å². The van der Waals surface area contributed by atoms with Crippen LogP contribution in [-0.4, -0.2) is 114 Å². The Morgan fingerprint density at radius 1 is 0.346 bits per heavy atom. The molecule has 0 unspecified atom stereocenters. The van der Waals surface area contributed by atoms with Crippen molar-refractivity contribution in [3.8, 4) is 0 Å². The van der Waals surface area contributed by atoms with Crippen LogP contribution in [0.15, 0.2) is 0 Å². The van der Waals surface area contributed by atoms with Crippen molar-refractivity contribution < 1.29 is 61.9 Å². The van der Waals surface area contributed by atoms with Crippen LogP contribution in [0.25, 0.3) is 0 Å². The van der Waals surface area contributed by atoms with Crippen molar-refractivity contribution in [3.63, 3.8) is 0 Å². The molecule has 0 saturated heterocycles. The lowest BCUT2D eigenvalue weighted by Gasteiger charge is -2.37. The SMILES string of the molecule is CC(C)(Br)C(=O)OCC(COCC(COC(=O)C(C)(C)Br)(COC(=O)C(C)(C)Br)OC(=O)C(C)(C)Br)(COC(=O)C(C)(C)Br)COC(=O)C(C)(C)Br. The Morgan fingerprint density at radius 2 is 0.577 bits per heavy atom. The number of carbonyl (C=O) groups is 6. The van der Waals surface area contributed by atoms with Gasteiger partial charge in [0.25, 0.3) is 0 Å². The van der Waals surface area contributed by atoms with Gasteiger partial charge in [-0.1, -0.05) is 95.6 Å². The Hall–Kier alpha value is -0.340. The molecule has 0 bridgehead atoms. The molecular formula is C33H50Br6O13. The molecule has 0 atom stereocenters. The smallest absolute Gasteiger partial charge is 0.323 e. The van der Waals surface area contributed by atoms with E-state index in [9.17, 15) is 28.8 Å². The number of rotatable bonds is 21. The van der Waals surface area contributed by atoms with Crippen LogP contribution in [0.3, 0.4) is 0 Å². The minimum absolute atomic E-state index is 0.457. The summed E-state index contributed by atoms with van der Waals surface area (Å²) in [5.41, 5.74) is -3.50. The molecule has 19 heteroatoms. The molecule has 0 spiro atoms. The Labute approximate surface area is 356 Å². The van der Waals surface area contributed by atoms with Gasteiger partial charge in [-0.2, -0.15) is 0 Å². The molecule has 0 N–H and O–H groups in total. The number of hydrogen-bond acceptors (Lipinski definition) is 13. The van der Waals surface area contributed by atoms with E-state index in [0.29, 0.717) is 0 Å². The second-order valence-corrected chi connectivity index (χ2v) is 27.2. The fourth-order valence-electron chi connectivity index (χ4n) is 3.14. The van der Waals surface area contributed by atoms with Gasteiger partial charge in [0.2, 0.25) is 5.60 Å². The third-order valence-corrected chi connectivity index (χ3v) is 8.40. The van der Waals surface area contributed by atoms with Crippen molar-refractivity contribution >= 4 is 131 Å². The van der Waals surface area contributed by atoms with E-state index in [2.05, 4.69) is 95.6 Å². The van der Waals surface area contributed by atoms with Gasteiger partial charge < -0.3 is 33.2 Å². The Balaban J connectivity index is 7.14. The monoisotopic (exact) mass is 1130 g/mol. The minimum atomic E-state index is -1.95. The van der Waals surface area contributed by atoms with Gasteiger partial charge in [0.1, 0.15) is 59.0 Å². The standard InChI is InChI=1S/C33H50Br6O13/c1-26(2,34)20(40)47-14-32(15-48-21(41)27(3,4)35,16-49-22(42)28(5,6)36)13-46-17-33(52-25(45)31(11,12)39,18-50-23(43)29(7,8)37)19-51-24(44)30(9,10)38/h13-19H2,1-12H3. The zero-order valence-corrected chi connectivity index (χ0v) is 41.0. The molecule has 0 aromatic carbocycles. The number of esters is 6. The van der Waals surface area contributed by atoms with E-state index in [1.54, 1.807) is 69.2 Å². The largest absolute Gasteiger partial charge is 0.464 e. The summed E-state index contributed by atoms with van der Waals surface area (Å²) in [6.45, 7) is 14.9. The summed E-state index contributed by atoms with van der Waals surface area (Å²) in [7, 11) is 0. The quantitative estimate of drug-likeness (QED) is 0.0654. The fourth-order valence-corrected chi connectivity index (χ4v) is 3.80. The van der Waals surface area contributed by atoms with E-state index in [0.717, 1.165) is 0 Å². The second-order valence-electron chi connectivity index (χ2n) is 15.3. The molecule has 13 nitrogen and oxygen atoms in total. The molecule has 52 heavy (non-hydrogen) atoms. The van der Waals surface area contributed by atoms with Crippen LogP contribution < -0.4 is 0 Å². The van der Waals surface area contributed by atoms with Crippen molar-refractivity contribution in [2.75, 3.05) is 46.2 Å². The second kappa shape index (κ2) is 19.7. The van der Waals surface area contributed by atoms with E-state index in [-0.39, 0.29) is 0 Å². The maximum absolute atomic E-state index is 13.3. The summed E-state index contributed by atoms with van der Waals surface area (Å²) in [4.78, 5) is 77.8. The first-order valence-electron chi connectivity index (χ1n) is 15.8. The van der Waals surface area contributed by atoms with Gasteiger partial charge in [0.05, 0.1) is 18.6 Å². The highest BCUT2D eigenvalue weighted by molar-refractivity contribution is 9.11. The molecule has 0 amide bonds. The van der Waals surface area contributed by atoms with Crippen molar-refractivity contribution in [1.82, 2.24) is 0 Å². The van der Waals surface area contributed by atoms with Gasteiger partial charge in [-0.3, -0.25) is 28.8 Å². The number of alkyl halides is 6. The predicted octanol–water partition coefficient (Wildman–Crippen LogP) is 7.03. The van der Waals surface area contributed by atoms with Crippen molar-refractivity contribution in [1.29, 1.82) is 0 Å². The first-order chi connectivity index (χ1) is 23.0. The Kier molecular flexibility index (Phi) is 19.6. The molecule has 0 aliphatic heterocycles. The van der Waals surface area contributed by atoms with Crippen LogP contribution in [0.1, 0.15) is 83.1 Å². The lowest BCUT2D eigenvalue weighted by molar-refractivity contribution is -0.201. The molecular weight excluding hydrogens is 1080 g/mol. The highest BCUT2D eigenvalue weighted by Crippen LogP contribution is 2.31. The van der Waals surface area contributed by atoms with Crippen LogP contribution in [0.4, 0.5) is 0 Å². The first-order valence-corrected chi connectivity index (χ1v) is 20.5. The highest BCUT2D eigenvalue weighted by Gasteiger charge is 2.46. The van der Waals surface area contributed by atoms with Crippen LogP contribution in [0, 0.1) is 5.41 Å². The summed E-state index contributed by atoms with van der Waals surface area (Å²) >= 11 is 19.5. The minimum Gasteiger partial charge on any atom is -0.464 e. The zero-order chi connectivity index (χ0) is 41.4. The third kappa shape index (κ3) is 19.0. The van der Waals surface area contributed by atoms with Gasteiger partial charge in [-0.25, -0.2) is 0 Å². The van der Waals surface area contributed by atoms with E-state index in [1.165, 1.54) is 13.8 Å². The normalized spacial score (nSPS) is 13.5. The van der Waals surface area contributed by atoms with Crippen molar-refractivity contribution in [2.45, 2.75) is 115 Å². The van der Waals surface area contributed by atoms with Crippen LogP contribution in [0.2, 0.25) is 0 Å². The van der Waals surface area contributed by atoms with Gasteiger partial charge in [-0.15, -0.1) is 0 Å². The summed E-state index contributed by atoms with van der Waals surface area (Å²) in [5.74, 6) is -4.34. The molecule has 0 aliphatic rings. The van der Waals surface area contributed by atoms with E-state index < -0.39 is 119 Å². The highest BCUT2D eigenvalue weighted by atomic mass is 79.9. The average Bonchev–Trinajstić information content (AvgIpc) is 2.95. The van der Waals surface area contributed by atoms with Gasteiger partial charge in [-0.05, 0) is 83.1 Å². The molecule has 302 valence electrons. The lowest BCUT2D eigenvalue weighted by atomic mass is 9.91. The maximum Gasteiger partial charge on any atom is 0.323 e. The topological polar surface area (TPSA) is 167 Å². The van der Waals surface area contributed by atoms with E-state index >= 15 is 0 Å². The summed E-state index contributed by atoms with van der Waals surface area (Å²) in [6.07, 6.45) is 0. The molecule has 0 aromatic heterocycles. The number of ether oxygens (including phenoxy) is 7. The molecule has 0 radical (unpaired) electrons. The summed E-state index contributed by atoms with van der Waals surface area (Å²) in [6, 6.07) is 0. The molecule has 0 fully saturated rings. The van der Waals surface area contributed by atoms with E-state index in [4.69, 9.17) is 33.2 Å². The Bertz CT molecular complexity index is 1170. The van der Waals surface area contributed by atoms with Crippen LogP contribution in [0.5, 0.6) is 0 Å². The Morgan fingerprint density at radius 3 is 0.808 bits per heavy atom. The zero-order valence-electron chi connectivity index (χ0n) is 31.5. The molecule has 0 aliphatic carbocycles. The van der Waals surface area contributed by atoms with Gasteiger partial charge in [0, 0.05) is 0 Å². The summed E-state index contributed by atoms with van der Waals surface area (Å²) in [5, 5.41) is 0. The van der Waals surface area contributed by atoms with Gasteiger partial charge in [0.15, 0.2) is 0 Å². The third-order valence-electron chi connectivity index (χ3n) is 6.46. The maximum atomic E-state index is 13.3.